The van der Waals surface area contributed by atoms with E-state index in [9.17, 15) is 4.79 Å². The van der Waals surface area contributed by atoms with Gasteiger partial charge in [-0.2, -0.15) is 5.26 Å². The molecular formula is C17H12ClN5OS2. The fraction of sp³-hybridized carbons (Fsp3) is 0.0588. The number of anilines is 1. The van der Waals surface area contributed by atoms with Gasteiger partial charge in [0.05, 0.1) is 16.3 Å². The van der Waals surface area contributed by atoms with E-state index in [-0.39, 0.29) is 11.7 Å². The molecule has 130 valence electrons. The van der Waals surface area contributed by atoms with Crippen LogP contribution >= 0.6 is 34.7 Å². The van der Waals surface area contributed by atoms with Gasteiger partial charge in [-0.05, 0) is 41.8 Å². The minimum Gasteiger partial charge on any atom is -0.325 e. The van der Waals surface area contributed by atoms with Gasteiger partial charge in [0.2, 0.25) is 11.1 Å². The molecular weight excluding hydrogens is 390 g/mol. The highest BCUT2D eigenvalue weighted by atomic mass is 35.5. The van der Waals surface area contributed by atoms with Gasteiger partial charge in [-0.25, -0.2) is 4.98 Å². The summed E-state index contributed by atoms with van der Waals surface area (Å²) in [4.78, 5) is 17.4. The van der Waals surface area contributed by atoms with Crippen LogP contribution in [0.3, 0.4) is 0 Å². The van der Waals surface area contributed by atoms with Crippen molar-refractivity contribution in [2.75, 3.05) is 11.1 Å². The summed E-state index contributed by atoms with van der Waals surface area (Å²) in [5.74, 6) is 0.570. The first-order valence-electron chi connectivity index (χ1n) is 7.40. The molecule has 3 rings (SSSR count). The largest absolute Gasteiger partial charge is 0.325 e. The molecule has 0 bridgehead atoms. The minimum absolute atomic E-state index is 0.156. The van der Waals surface area contributed by atoms with Crippen molar-refractivity contribution in [1.29, 1.82) is 5.26 Å². The zero-order valence-corrected chi connectivity index (χ0v) is 15.7. The van der Waals surface area contributed by atoms with Crippen molar-refractivity contribution in [2.45, 2.75) is 5.16 Å². The van der Waals surface area contributed by atoms with Crippen molar-refractivity contribution in [3.63, 3.8) is 0 Å². The van der Waals surface area contributed by atoms with Crippen LogP contribution in [0.25, 0.3) is 12.2 Å². The average Bonchev–Trinajstić information content (AvgIpc) is 3.30. The van der Waals surface area contributed by atoms with Gasteiger partial charge < -0.3 is 5.32 Å². The first-order valence-corrected chi connectivity index (χ1v) is 9.64. The zero-order valence-electron chi connectivity index (χ0n) is 13.3. The van der Waals surface area contributed by atoms with E-state index < -0.39 is 0 Å². The smallest absolute Gasteiger partial charge is 0.234 e. The Bertz CT molecular complexity index is 975. The van der Waals surface area contributed by atoms with E-state index in [1.165, 1.54) is 11.8 Å². The number of halogens is 1. The molecule has 3 aromatic rings. The molecule has 1 aromatic carbocycles. The third-order valence-corrected chi connectivity index (χ3v) is 5.13. The molecule has 2 heterocycles. The summed E-state index contributed by atoms with van der Waals surface area (Å²) in [6, 6.07) is 10.7. The number of nitrogens with one attached hydrogen (secondary N) is 2. The number of carbonyl (C=O) groups excluding carboxylic acids is 1. The molecule has 0 spiro atoms. The maximum atomic E-state index is 12.0. The standard InChI is InChI=1S/C17H12ClN5OS2/c18-14-8-12(4-3-11(14)9-19)20-16(24)10-26-17-21-15(22-23-17)6-5-13-2-1-7-25-13/h1-8H,10H2,(H,20,24)(H,21,22,23)/b6-5+. The second kappa shape index (κ2) is 8.67. The number of hydrogen-bond donors (Lipinski definition) is 2. The highest BCUT2D eigenvalue weighted by Crippen LogP contribution is 2.21. The van der Waals surface area contributed by atoms with Gasteiger partial charge in [0.15, 0.2) is 0 Å². The van der Waals surface area contributed by atoms with Crippen molar-refractivity contribution in [3.8, 4) is 6.07 Å². The lowest BCUT2D eigenvalue weighted by Gasteiger charge is -2.05. The lowest BCUT2D eigenvalue weighted by Crippen LogP contribution is -2.14. The van der Waals surface area contributed by atoms with Crippen molar-refractivity contribution in [2.24, 2.45) is 0 Å². The molecule has 0 aliphatic carbocycles. The number of nitrogens with zero attached hydrogens (tertiary/aromatic N) is 3. The van der Waals surface area contributed by atoms with Gasteiger partial charge in [0.25, 0.3) is 0 Å². The third-order valence-electron chi connectivity index (χ3n) is 3.14. The highest BCUT2D eigenvalue weighted by molar-refractivity contribution is 7.99. The SMILES string of the molecule is N#Cc1ccc(NC(=O)CSc2n[nH]c(/C=C/c3cccs3)n2)cc1Cl. The number of benzene rings is 1. The molecule has 0 saturated carbocycles. The molecule has 0 saturated heterocycles. The molecule has 0 aliphatic rings. The van der Waals surface area contributed by atoms with Crippen LogP contribution in [0, 0.1) is 11.3 Å². The fourth-order valence-electron chi connectivity index (χ4n) is 1.96. The van der Waals surface area contributed by atoms with Crippen LogP contribution in [0.1, 0.15) is 16.3 Å². The van der Waals surface area contributed by atoms with Crippen LogP contribution in [0.5, 0.6) is 0 Å². The Morgan fingerprint density at radius 3 is 3.04 bits per heavy atom. The fourth-order valence-corrected chi connectivity index (χ4v) is 3.40. The van der Waals surface area contributed by atoms with Crippen LogP contribution in [0.4, 0.5) is 5.69 Å². The lowest BCUT2D eigenvalue weighted by atomic mass is 10.2. The molecule has 2 N–H and O–H groups in total. The summed E-state index contributed by atoms with van der Waals surface area (Å²) in [5.41, 5.74) is 0.900. The molecule has 26 heavy (non-hydrogen) atoms. The Morgan fingerprint density at radius 1 is 1.42 bits per heavy atom. The minimum atomic E-state index is -0.212. The number of thiophene rings is 1. The number of H-pyrrole nitrogens is 1. The van der Waals surface area contributed by atoms with Crippen LogP contribution in [0.15, 0.2) is 40.9 Å². The number of carbonyl (C=O) groups is 1. The zero-order chi connectivity index (χ0) is 18.4. The van der Waals surface area contributed by atoms with Gasteiger partial charge in [-0.3, -0.25) is 9.89 Å². The molecule has 2 aromatic heterocycles. The molecule has 0 fully saturated rings. The van der Waals surface area contributed by atoms with E-state index in [0.717, 1.165) is 4.88 Å². The van der Waals surface area contributed by atoms with E-state index >= 15 is 0 Å². The Kier molecular flexibility index (Phi) is 6.07. The maximum Gasteiger partial charge on any atom is 0.234 e. The first-order chi connectivity index (χ1) is 12.6. The molecule has 0 aliphatic heterocycles. The summed E-state index contributed by atoms with van der Waals surface area (Å²) in [6.45, 7) is 0. The molecule has 0 unspecified atom stereocenters. The lowest BCUT2D eigenvalue weighted by molar-refractivity contribution is -0.113. The second-order valence-corrected chi connectivity index (χ2v) is 7.32. The highest BCUT2D eigenvalue weighted by Gasteiger charge is 2.08. The third kappa shape index (κ3) is 4.95. The number of amides is 1. The number of nitriles is 1. The monoisotopic (exact) mass is 401 g/mol. The molecule has 0 radical (unpaired) electrons. The number of thioether (sulfide) groups is 1. The van der Waals surface area contributed by atoms with Gasteiger partial charge in [-0.1, -0.05) is 29.4 Å². The summed E-state index contributed by atoms with van der Waals surface area (Å²) < 4.78 is 0. The van der Waals surface area contributed by atoms with Gasteiger partial charge >= 0.3 is 0 Å². The number of aromatic amines is 1. The maximum absolute atomic E-state index is 12.0. The topological polar surface area (TPSA) is 94.5 Å². The summed E-state index contributed by atoms with van der Waals surface area (Å²) in [5, 5.41) is 21.3. The molecule has 1 amide bonds. The Hall–Kier alpha value is -2.60. The quantitative estimate of drug-likeness (QED) is 0.600. The number of aromatic nitrogens is 3. The van der Waals surface area contributed by atoms with E-state index in [1.807, 2.05) is 35.7 Å². The summed E-state index contributed by atoms with van der Waals surface area (Å²) in [6.07, 6.45) is 3.78. The van der Waals surface area contributed by atoms with Crippen LogP contribution in [-0.2, 0) is 4.79 Å². The van der Waals surface area contributed by atoms with E-state index in [1.54, 1.807) is 29.5 Å². The van der Waals surface area contributed by atoms with Crippen LogP contribution in [0.2, 0.25) is 5.02 Å². The average molecular weight is 402 g/mol. The first kappa shape index (κ1) is 18.2. The van der Waals surface area contributed by atoms with E-state index in [2.05, 4.69) is 20.5 Å². The Balaban J connectivity index is 1.52. The van der Waals surface area contributed by atoms with Crippen LogP contribution < -0.4 is 5.32 Å². The normalized spacial score (nSPS) is 10.8. The molecule has 0 atom stereocenters. The summed E-state index contributed by atoms with van der Waals surface area (Å²) >= 11 is 8.80. The molecule has 9 heteroatoms. The van der Waals surface area contributed by atoms with Crippen molar-refractivity contribution in [3.05, 3.63) is 57.0 Å². The van der Waals surface area contributed by atoms with Crippen molar-refractivity contribution in [1.82, 2.24) is 15.2 Å². The predicted octanol–water partition coefficient (Wildman–Crippen LogP) is 4.29. The van der Waals surface area contributed by atoms with Gasteiger partial charge in [0, 0.05) is 10.6 Å². The van der Waals surface area contributed by atoms with Gasteiger partial charge in [-0.15, -0.1) is 16.4 Å². The number of hydrogen-bond acceptors (Lipinski definition) is 6. The Labute approximate surface area is 162 Å². The van der Waals surface area contributed by atoms with Gasteiger partial charge in [0.1, 0.15) is 11.9 Å². The van der Waals surface area contributed by atoms with E-state index in [4.69, 9.17) is 16.9 Å². The second-order valence-electron chi connectivity index (χ2n) is 5.00. The number of rotatable bonds is 6. The van der Waals surface area contributed by atoms with E-state index in [0.29, 0.717) is 27.3 Å². The summed E-state index contributed by atoms with van der Waals surface area (Å²) in [7, 11) is 0. The van der Waals surface area contributed by atoms with Crippen molar-refractivity contribution >= 4 is 58.4 Å². The predicted molar refractivity (Wildman–Crippen MR) is 105 cm³/mol. The molecule has 6 nitrogen and oxygen atoms in total. The van der Waals surface area contributed by atoms with Crippen molar-refractivity contribution < 1.29 is 4.79 Å². The van der Waals surface area contributed by atoms with Crippen LogP contribution in [-0.4, -0.2) is 26.8 Å². The Morgan fingerprint density at radius 2 is 2.31 bits per heavy atom.